The van der Waals surface area contributed by atoms with Crippen molar-refractivity contribution in [3.8, 4) is 11.5 Å². The molecule has 0 saturated heterocycles. The molecule has 0 unspecified atom stereocenters. The molecule has 0 atom stereocenters. The third-order valence-electron chi connectivity index (χ3n) is 2.95. The summed E-state index contributed by atoms with van der Waals surface area (Å²) in [6, 6.07) is 17.8. The van der Waals surface area contributed by atoms with E-state index in [1.165, 1.54) is 0 Å². The van der Waals surface area contributed by atoms with Crippen LogP contribution in [0, 0.1) is 0 Å². The molecule has 0 aliphatic rings. The van der Waals surface area contributed by atoms with Crippen molar-refractivity contribution in [2.75, 3.05) is 18.4 Å². The smallest absolute Gasteiger partial charge is 0.150 e. The van der Waals surface area contributed by atoms with Crippen LogP contribution in [0.1, 0.15) is 20.8 Å². The first-order chi connectivity index (χ1) is 10.0. The normalized spacial score (nSPS) is 11.2. The summed E-state index contributed by atoms with van der Waals surface area (Å²) in [4.78, 5) is 0. The minimum Gasteiger partial charge on any atom is -0.455 e. The van der Waals surface area contributed by atoms with Gasteiger partial charge in [0.1, 0.15) is 5.75 Å². The first kappa shape index (κ1) is 15.4. The molecule has 0 radical (unpaired) electrons. The van der Waals surface area contributed by atoms with Gasteiger partial charge in [-0.15, -0.1) is 0 Å². The molecule has 0 amide bonds. The maximum Gasteiger partial charge on any atom is 0.150 e. The Labute approximate surface area is 127 Å². The molecule has 0 heterocycles. The number of para-hydroxylation sites is 3. The Morgan fingerprint density at radius 1 is 0.857 bits per heavy atom. The van der Waals surface area contributed by atoms with Crippen molar-refractivity contribution in [1.82, 2.24) is 5.32 Å². The van der Waals surface area contributed by atoms with E-state index in [-0.39, 0.29) is 5.54 Å². The summed E-state index contributed by atoms with van der Waals surface area (Å²) in [7, 11) is 0. The van der Waals surface area contributed by atoms with Crippen molar-refractivity contribution in [3.63, 3.8) is 0 Å². The summed E-state index contributed by atoms with van der Waals surface area (Å²) in [6.45, 7) is 8.26. The predicted molar refractivity (Wildman–Crippen MR) is 89.2 cm³/mol. The van der Waals surface area contributed by atoms with Crippen LogP contribution in [-0.2, 0) is 0 Å². The number of benzene rings is 2. The summed E-state index contributed by atoms with van der Waals surface area (Å²) in [5.74, 6) is 1.69. The highest BCUT2D eigenvalue weighted by Crippen LogP contribution is 2.28. The molecule has 21 heavy (non-hydrogen) atoms. The lowest BCUT2D eigenvalue weighted by molar-refractivity contribution is 0.435. The molecule has 0 aliphatic carbocycles. The quantitative estimate of drug-likeness (QED) is 0.777. The van der Waals surface area contributed by atoms with E-state index in [2.05, 4.69) is 31.4 Å². The van der Waals surface area contributed by atoms with Gasteiger partial charge in [-0.3, -0.25) is 0 Å². The Hall–Kier alpha value is -2.00. The summed E-state index contributed by atoms with van der Waals surface area (Å²) in [5.41, 5.74) is 1.15. The fourth-order valence-corrected chi connectivity index (χ4v) is 1.95. The van der Waals surface area contributed by atoms with Gasteiger partial charge in [-0.2, -0.15) is 0 Å². The molecule has 0 aromatic heterocycles. The lowest BCUT2D eigenvalue weighted by Gasteiger charge is -2.21. The standard InChI is InChI=1S/C18H24N2O/c1-18(2,3)20-14-13-19-16-11-7-8-12-17(16)21-15-9-5-4-6-10-15/h4-12,19-20H,13-14H2,1-3H3. The molecule has 0 bridgehead atoms. The SMILES string of the molecule is CC(C)(C)NCCNc1ccccc1Oc1ccccc1. The molecule has 3 heteroatoms. The maximum absolute atomic E-state index is 5.92. The Kier molecular flexibility index (Phi) is 5.23. The van der Waals surface area contributed by atoms with Gasteiger partial charge >= 0.3 is 0 Å². The molecular weight excluding hydrogens is 260 g/mol. The number of nitrogens with one attached hydrogen (secondary N) is 2. The molecule has 112 valence electrons. The van der Waals surface area contributed by atoms with E-state index in [0.717, 1.165) is 30.3 Å². The number of anilines is 1. The first-order valence-electron chi connectivity index (χ1n) is 7.35. The molecule has 0 fully saturated rings. The van der Waals surface area contributed by atoms with E-state index >= 15 is 0 Å². The Morgan fingerprint density at radius 2 is 1.52 bits per heavy atom. The summed E-state index contributed by atoms with van der Waals surface area (Å²) < 4.78 is 5.92. The average Bonchev–Trinajstić information content (AvgIpc) is 2.45. The van der Waals surface area contributed by atoms with Crippen LogP contribution >= 0.6 is 0 Å². The Balaban J connectivity index is 1.94. The van der Waals surface area contributed by atoms with Crippen LogP contribution < -0.4 is 15.4 Å². The van der Waals surface area contributed by atoms with E-state index in [9.17, 15) is 0 Å². The second-order valence-corrected chi connectivity index (χ2v) is 6.01. The zero-order valence-electron chi connectivity index (χ0n) is 13.0. The van der Waals surface area contributed by atoms with Crippen LogP contribution in [-0.4, -0.2) is 18.6 Å². The van der Waals surface area contributed by atoms with Gasteiger partial charge in [-0.05, 0) is 45.0 Å². The van der Waals surface area contributed by atoms with Gasteiger partial charge < -0.3 is 15.4 Å². The Morgan fingerprint density at radius 3 is 2.24 bits per heavy atom. The summed E-state index contributed by atoms with van der Waals surface area (Å²) in [6.07, 6.45) is 0. The molecule has 0 saturated carbocycles. The highest BCUT2D eigenvalue weighted by atomic mass is 16.5. The highest BCUT2D eigenvalue weighted by molar-refractivity contribution is 5.57. The third-order valence-corrected chi connectivity index (χ3v) is 2.95. The number of hydrogen-bond donors (Lipinski definition) is 2. The fourth-order valence-electron chi connectivity index (χ4n) is 1.95. The van der Waals surface area contributed by atoms with Crippen molar-refractivity contribution >= 4 is 5.69 Å². The van der Waals surface area contributed by atoms with Crippen LogP contribution in [0.25, 0.3) is 0 Å². The molecule has 2 aromatic rings. The molecule has 2 N–H and O–H groups in total. The largest absolute Gasteiger partial charge is 0.455 e. The van der Waals surface area contributed by atoms with Gasteiger partial charge in [0.25, 0.3) is 0 Å². The van der Waals surface area contributed by atoms with Gasteiger partial charge in [0, 0.05) is 18.6 Å². The van der Waals surface area contributed by atoms with E-state index in [0.29, 0.717) is 0 Å². The van der Waals surface area contributed by atoms with Crippen molar-refractivity contribution in [3.05, 3.63) is 54.6 Å². The van der Waals surface area contributed by atoms with Crippen LogP contribution in [0.5, 0.6) is 11.5 Å². The van der Waals surface area contributed by atoms with Crippen molar-refractivity contribution in [1.29, 1.82) is 0 Å². The molecule has 0 spiro atoms. The molecule has 2 rings (SSSR count). The zero-order chi connectivity index (χ0) is 15.1. The third kappa shape index (κ3) is 5.48. The predicted octanol–water partition coefficient (Wildman–Crippen LogP) is 4.28. The summed E-state index contributed by atoms with van der Waals surface area (Å²) in [5, 5.41) is 6.88. The van der Waals surface area contributed by atoms with Crippen LogP contribution in [0.3, 0.4) is 0 Å². The second kappa shape index (κ2) is 7.14. The molecular formula is C18H24N2O. The van der Waals surface area contributed by atoms with Crippen LogP contribution in [0.15, 0.2) is 54.6 Å². The molecule has 2 aromatic carbocycles. The lowest BCUT2D eigenvalue weighted by Crippen LogP contribution is -2.38. The first-order valence-corrected chi connectivity index (χ1v) is 7.35. The summed E-state index contributed by atoms with van der Waals surface area (Å²) >= 11 is 0. The monoisotopic (exact) mass is 284 g/mol. The van der Waals surface area contributed by atoms with E-state index < -0.39 is 0 Å². The van der Waals surface area contributed by atoms with Gasteiger partial charge in [0.05, 0.1) is 5.69 Å². The van der Waals surface area contributed by atoms with E-state index in [1.807, 2.05) is 54.6 Å². The Bertz CT molecular complexity index is 547. The van der Waals surface area contributed by atoms with Gasteiger partial charge in [-0.1, -0.05) is 30.3 Å². The lowest BCUT2D eigenvalue weighted by atomic mass is 10.1. The van der Waals surface area contributed by atoms with Gasteiger partial charge in [0.2, 0.25) is 0 Å². The van der Waals surface area contributed by atoms with Gasteiger partial charge in [-0.25, -0.2) is 0 Å². The average molecular weight is 284 g/mol. The number of rotatable bonds is 6. The molecule has 0 aliphatic heterocycles. The van der Waals surface area contributed by atoms with Gasteiger partial charge in [0.15, 0.2) is 5.75 Å². The molecule has 3 nitrogen and oxygen atoms in total. The van der Waals surface area contributed by atoms with Crippen molar-refractivity contribution < 1.29 is 4.74 Å². The van der Waals surface area contributed by atoms with Crippen LogP contribution in [0.4, 0.5) is 5.69 Å². The van der Waals surface area contributed by atoms with Crippen molar-refractivity contribution in [2.24, 2.45) is 0 Å². The van der Waals surface area contributed by atoms with E-state index in [1.54, 1.807) is 0 Å². The minimum absolute atomic E-state index is 0.141. The highest BCUT2D eigenvalue weighted by Gasteiger charge is 2.08. The fraction of sp³-hybridized carbons (Fsp3) is 0.333. The van der Waals surface area contributed by atoms with E-state index in [4.69, 9.17) is 4.74 Å². The van der Waals surface area contributed by atoms with Crippen molar-refractivity contribution in [2.45, 2.75) is 26.3 Å². The minimum atomic E-state index is 0.141. The maximum atomic E-state index is 5.92. The zero-order valence-corrected chi connectivity index (χ0v) is 13.0. The topological polar surface area (TPSA) is 33.3 Å². The second-order valence-electron chi connectivity index (χ2n) is 6.01. The number of hydrogen-bond acceptors (Lipinski definition) is 3. The van der Waals surface area contributed by atoms with Crippen LogP contribution in [0.2, 0.25) is 0 Å². The number of ether oxygens (including phenoxy) is 1.